The lowest BCUT2D eigenvalue weighted by Gasteiger charge is -2.25. The van der Waals surface area contributed by atoms with E-state index in [1.165, 1.54) is 23.5 Å². The van der Waals surface area contributed by atoms with Crippen LogP contribution in [0.1, 0.15) is 17.3 Å². The highest BCUT2D eigenvalue weighted by atomic mass is 32.2. The number of nitrogens with one attached hydrogen (secondary N) is 1. The zero-order valence-corrected chi connectivity index (χ0v) is 16.6. The van der Waals surface area contributed by atoms with Crippen molar-refractivity contribution in [3.05, 3.63) is 41.0 Å². The second-order valence-electron chi connectivity index (χ2n) is 6.02. The zero-order valence-electron chi connectivity index (χ0n) is 15.0. The van der Waals surface area contributed by atoms with Gasteiger partial charge in [-0.2, -0.15) is 11.8 Å². The molecule has 0 atom stereocenters. The molecule has 5 nitrogen and oxygen atoms in total. The van der Waals surface area contributed by atoms with Gasteiger partial charge in [-0.1, -0.05) is 12.1 Å². The summed E-state index contributed by atoms with van der Waals surface area (Å²) in [5.74, 6) is 1.05. The molecule has 27 heavy (non-hydrogen) atoms. The zero-order chi connectivity index (χ0) is 19.2. The van der Waals surface area contributed by atoms with E-state index in [9.17, 15) is 14.0 Å². The molecule has 3 rings (SSSR count). The average molecular weight is 409 g/mol. The van der Waals surface area contributed by atoms with Crippen LogP contribution in [0.3, 0.4) is 0 Å². The molecular formula is C19H21FN2O3S2. The van der Waals surface area contributed by atoms with Gasteiger partial charge in [0.25, 0.3) is 0 Å². The van der Waals surface area contributed by atoms with Gasteiger partial charge in [0.05, 0.1) is 13.2 Å². The normalized spacial score (nSPS) is 14.7. The standard InChI is InChI=1S/C19H21FN2O3S2/c1-2-25-19(24)17-15(13-3-5-14(20)6-4-13)12-27-18(17)21-16(23)11-22-7-9-26-10-8-22/h3-6,12H,2,7-11H2,1H3,(H,21,23). The third-order valence-electron chi connectivity index (χ3n) is 4.15. The fourth-order valence-electron chi connectivity index (χ4n) is 2.83. The van der Waals surface area contributed by atoms with E-state index in [2.05, 4.69) is 10.2 Å². The topological polar surface area (TPSA) is 58.6 Å². The Kier molecular flexibility index (Phi) is 6.87. The summed E-state index contributed by atoms with van der Waals surface area (Å²) in [7, 11) is 0. The van der Waals surface area contributed by atoms with Crippen LogP contribution in [-0.2, 0) is 9.53 Å². The Labute approximate surface area is 165 Å². The van der Waals surface area contributed by atoms with Crippen molar-refractivity contribution in [2.45, 2.75) is 6.92 Å². The third-order valence-corrected chi connectivity index (χ3v) is 5.99. The molecule has 1 aromatic carbocycles. The highest BCUT2D eigenvalue weighted by Crippen LogP contribution is 2.36. The Balaban J connectivity index is 1.82. The molecule has 0 radical (unpaired) electrons. The molecule has 1 aliphatic rings. The van der Waals surface area contributed by atoms with Crippen LogP contribution in [-0.4, -0.2) is 54.5 Å². The lowest BCUT2D eigenvalue weighted by Crippen LogP contribution is -2.38. The number of anilines is 1. The van der Waals surface area contributed by atoms with Crippen LogP contribution < -0.4 is 5.32 Å². The molecule has 1 fully saturated rings. The van der Waals surface area contributed by atoms with E-state index < -0.39 is 5.97 Å². The van der Waals surface area contributed by atoms with Crippen molar-refractivity contribution in [3.63, 3.8) is 0 Å². The van der Waals surface area contributed by atoms with E-state index in [1.54, 1.807) is 24.4 Å². The number of thioether (sulfide) groups is 1. The predicted molar refractivity (Wildman–Crippen MR) is 108 cm³/mol. The number of carbonyl (C=O) groups excluding carboxylic acids is 2. The smallest absolute Gasteiger partial charge is 0.341 e. The molecular weight excluding hydrogens is 387 g/mol. The molecule has 8 heteroatoms. The number of hydrogen-bond acceptors (Lipinski definition) is 6. The Morgan fingerprint density at radius 3 is 2.59 bits per heavy atom. The fourth-order valence-corrected chi connectivity index (χ4v) is 4.78. The summed E-state index contributed by atoms with van der Waals surface area (Å²) in [6.45, 7) is 4.03. The van der Waals surface area contributed by atoms with E-state index in [4.69, 9.17) is 4.74 Å². The Morgan fingerprint density at radius 1 is 1.22 bits per heavy atom. The van der Waals surface area contributed by atoms with Crippen molar-refractivity contribution in [2.24, 2.45) is 0 Å². The maximum Gasteiger partial charge on any atom is 0.341 e. The minimum atomic E-state index is -0.497. The predicted octanol–water partition coefficient (Wildman–Crippen LogP) is 3.72. The van der Waals surface area contributed by atoms with Crippen molar-refractivity contribution in [1.29, 1.82) is 0 Å². The van der Waals surface area contributed by atoms with Crippen LogP contribution in [0.5, 0.6) is 0 Å². The van der Waals surface area contributed by atoms with Crippen LogP contribution in [0.4, 0.5) is 9.39 Å². The first-order valence-electron chi connectivity index (χ1n) is 8.73. The van der Waals surface area contributed by atoms with Gasteiger partial charge >= 0.3 is 5.97 Å². The molecule has 0 spiro atoms. The number of hydrogen-bond donors (Lipinski definition) is 1. The first-order chi connectivity index (χ1) is 13.1. The minimum Gasteiger partial charge on any atom is -0.462 e. The molecule has 1 saturated heterocycles. The first-order valence-corrected chi connectivity index (χ1v) is 10.8. The molecule has 1 aliphatic heterocycles. The van der Waals surface area contributed by atoms with Gasteiger partial charge in [0.1, 0.15) is 16.4 Å². The van der Waals surface area contributed by atoms with E-state index in [0.29, 0.717) is 28.2 Å². The van der Waals surface area contributed by atoms with Crippen molar-refractivity contribution < 1.29 is 18.7 Å². The number of esters is 1. The van der Waals surface area contributed by atoms with Gasteiger partial charge in [0.15, 0.2) is 0 Å². The summed E-state index contributed by atoms with van der Waals surface area (Å²) in [5.41, 5.74) is 1.64. The SMILES string of the molecule is CCOC(=O)c1c(-c2ccc(F)cc2)csc1NC(=O)CN1CCSCC1. The lowest BCUT2D eigenvalue weighted by atomic mass is 10.0. The highest BCUT2D eigenvalue weighted by Gasteiger charge is 2.23. The Morgan fingerprint density at radius 2 is 1.93 bits per heavy atom. The van der Waals surface area contributed by atoms with Gasteiger partial charge < -0.3 is 10.1 Å². The van der Waals surface area contributed by atoms with Crippen molar-refractivity contribution in [2.75, 3.05) is 43.1 Å². The molecule has 0 saturated carbocycles. The number of ether oxygens (including phenoxy) is 1. The van der Waals surface area contributed by atoms with Crippen LogP contribution in [0.25, 0.3) is 11.1 Å². The quantitative estimate of drug-likeness (QED) is 0.739. The number of carbonyl (C=O) groups is 2. The number of benzene rings is 1. The van der Waals surface area contributed by atoms with E-state index >= 15 is 0 Å². The van der Waals surface area contributed by atoms with Gasteiger partial charge in [-0.05, 0) is 24.6 Å². The van der Waals surface area contributed by atoms with Crippen molar-refractivity contribution in [1.82, 2.24) is 4.90 Å². The molecule has 0 unspecified atom stereocenters. The number of thiophene rings is 1. The van der Waals surface area contributed by atoms with Gasteiger partial charge in [-0.25, -0.2) is 9.18 Å². The van der Waals surface area contributed by atoms with Crippen LogP contribution in [0.15, 0.2) is 29.6 Å². The summed E-state index contributed by atoms with van der Waals surface area (Å²) in [4.78, 5) is 27.1. The summed E-state index contributed by atoms with van der Waals surface area (Å²) in [5, 5.41) is 5.10. The number of nitrogens with zero attached hydrogens (tertiary/aromatic N) is 1. The molecule has 0 bridgehead atoms. The largest absolute Gasteiger partial charge is 0.462 e. The lowest BCUT2D eigenvalue weighted by molar-refractivity contribution is -0.117. The van der Waals surface area contributed by atoms with E-state index in [-0.39, 0.29) is 18.3 Å². The van der Waals surface area contributed by atoms with Gasteiger partial charge in [-0.15, -0.1) is 11.3 Å². The molecule has 1 amide bonds. The van der Waals surface area contributed by atoms with Gasteiger partial charge in [0, 0.05) is 35.5 Å². The number of halogens is 1. The fraction of sp³-hybridized carbons (Fsp3) is 0.368. The number of rotatable bonds is 6. The average Bonchev–Trinajstić information content (AvgIpc) is 3.06. The first kappa shape index (κ1) is 19.9. The molecule has 2 aromatic rings. The van der Waals surface area contributed by atoms with Crippen LogP contribution in [0, 0.1) is 5.82 Å². The molecule has 2 heterocycles. The summed E-state index contributed by atoms with van der Waals surface area (Å²) < 4.78 is 18.4. The Hall–Kier alpha value is -1.90. The maximum atomic E-state index is 13.2. The van der Waals surface area contributed by atoms with Crippen LogP contribution in [0.2, 0.25) is 0 Å². The second-order valence-corrected chi connectivity index (χ2v) is 8.12. The molecule has 0 aliphatic carbocycles. The molecule has 1 aromatic heterocycles. The maximum absolute atomic E-state index is 13.2. The summed E-state index contributed by atoms with van der Waals surface area (Å²) >= 11 is 3.15. The van der Waals surface area contributed by atoms with Crippen molar-refractivity contribution in [3.8, 4) is 11.1 Å². The van der Waals surface area contributed by atoms with Gasteiger partial charge in [0.2, 0.25) is 5.91 Å². The summed E-state index contributed by atoms with van der Waals surface area (Å²) in [6.07, 6.45) is 0. The Bertz CT molecular complexity index is 802. The third kappa shape index (κ3) is 5.09. The molecule has 144 valence electrons. The van der Waals surface area contributed by atoms with E-state index in [1.807, 2.05) is 11.8 Å². The highest BCUT2D eigenvalue weighted by molar-refractivity contribution is 7.99. The number of amides is 1. The second kappa shape index (κ2) is 9.34. The monoisotopic (exact) mass is 408 g/mol. The summed E-state index contributed by atoms with van der Waals surface area (Å²) in [6, 6.07) is 5.90. The molecule has 1 N–H and O–H groups in total. The van der Waals surface area contributed by atoms with Crippen molar-refractivity contribution >= 4 is 40.0 Å². The van der Waals surface area contributed by atoms with Crippen LogP contribution >= 0.6 is 23.1 Å². The van der Waals surface area contributed by atoms with Gasteiger partial charge in [-0.3, -0.25) is 9.69 Å². The minimum absolute atomic E-state index is 0.153. The van der Waals surface area contributed by atoms with E-state index in [0.717, 1.165) is 24.6 Å².